The predicted molar refractivity (Wildman–Crippen MR) is 81.3 cm³/mol. The largest absolute Gasteiger partial charge is 0.480 e. The third kappa shape index (κ3) is 3.02. The van der Waals surface area contributed by atoms with Crippen LogP contribution in [-0.4, -0.2) is 61.4 Å². The van der Waals surface area contributed by atoms with Crippen LogP contribution in [0, 0.1) is 0 Å². The average Bonchev–Trinajstić information content (AvgIpc) is 2.94. The molecule has 0 amide bonds. The van der Waals surface area contributed by atoms with Crippen molar-refractivity contribution < 1.29 is 18.3 Å². The van der Waals surface area contributed by atoms with E-state index >= 15 is 0 Å². The van der Waals surface area contributed by atoms with Gasteiger partial charge in [-0.1, -0.05) is 6.07 Å². The Labute approximate surface area is 130 Å². The number of fused-ring (bicyclic) bond motifs is 1. The van der Waals surface area contributed by atoms with Crippen molar-refractivity contribution >= 4 is 16.0 Å². The molecular formula is C15H20N2O4S. The Hall–Kier alpha value is -1.44. The number of benzene rings is 1. The first-order valence-corrected chi connectivity index (χ1v) is 8.97. The van der Waals surface area contributed by atoms with Crippen LogP contribution in [0.1, 0.15) is 17.5 Å². The minimum absolute atomic E-state index is 0.0350. The summed E-state index contributed by atoms with van der Waals surface area (Å²) < 4.78 is 26.9. The number of piperazine rings is 1. The summed E-state index contributed by atoms with van der Waals surface area (Å²) in [4.78, 5) is 12.8. The summed E-state index contributed by atoms with van der Waals surface area (Å²) in [7, 11) is -3.48. The van der Waals surface area contributed by atoms with Gasteiger partial charge in [-0.05, 0) is 42.5 Å². The van der Waals surface area contributed by atoms with Crippen LogP contribution in [-0.2, 0) is 27.7 Å². The normalized spacial score (nSPS) is 20.0. The van der Waals surface area contributed by atoms with E-state index in [9.17, 15) is 13.2 Å². The molecule has 1 heterocycles. The maximum absolute atomic E-state index is 12.7. The molecule has 120 valence electrons. The van der Waals surface area contributed by atoms with Crippen molar-refractivity contribution in [2.45, 2.75) is 24.2 Å². The van der Waals surface area contributed by atoms with Crippen LogP contribution in [0.3, 0.4) is 0 Å². The molecule has 3 rings (SSSR count). The van der Waals surface area contributed by atoms with E-state index in [0.29, 0.717) is 31.1 Å². The maximum Gasteiger partial charge on any atom is 0.317 e. The lowest BCUT2D eigenvalue weighted by molar-refractivity contribution is -0.138. The summed E-state index contributed by atoms with van der Waals surface area (Å²) in [6.45, 7) is 1.55. The van der Waals surface area contributed by atoms with Crippen molar-refractivity contribution in [3.63, 3.8) is 0 Å². The summed E-state index contributed by atoms with van der Waals surface area (Å²) >= 11 is 0. The van der Waals surface area contributed by atoms with Crippen LogP contribution in [0.5, 0.6) is 0 Å². The van der Waals surface area contributed by atoms with Crippen molar-refractivity contribution in [1.82, 2.24) is 9.21 Å². The average molecular weight is 324 g/mol. The summed E-state index contributed by atoms with van der Waals surface area (Å²) in [5, 5.41) is 8.79. The first-order valence-electron chi connectivity index (χ1n) is 7.53. The van der Waals surface area contributed by atoms with E-state index in [4.69, 9.17) is 5.11 Å². The van der Waals surface area contributed by atoms with Crippen molar-refractivity contribution in [3.8, 4) is 0 Å². The van der Waals surface area contributed by atoms with Crippen LogP contribution in [0.25, 0.3) is 0 Å². The van der Waals surface area contributed by atoms with Gasteiger partial charge in [-0.3, -0.25) is 9.69 Å². The number of hydrogen-bond donors (Lipinski definition) is 1. The lowest BCUT2D eigenvalue weighted by Crippen LogP contribution is -2.49. The van der Waals surface area contributed by atoms with Crippen LogP contribution in [0.15, 0.2) is 23.1 Å². The highest BCUT2D eigenvalue weighted by atomic mass is 32.2. The van der Waals surface area contributed by atoms with Gasteiger partial charge in [-0.2, -0.15) is 4.31 Å². The monoisotopic (exact) mass is 324 g/mol. The highest BCUT2D eigenvalue weighted by molar-refractivity contribution is 7.89. The van der Waals surface area contributed by atoms with Crippen molar-refractivity contribution in [2.24, 2.45) is 0 Å². The fourth-order valence-corrected chi connectivity index (χ4v) is 4.65. The van der Waals surface area contributed by atoms with Crippen LogP contribution < -0.4 is 0 Å². The lowest BCUT2D eigenvalue weighted by Gasteiger charge is -2.33. The number of aryl methyl sites for hydroxylation is 2. The molecule has 2 aliphatic rings. The second kappa shape index (κ2) is 5.98. The summed E-state index contributed by atoms with van der Waals surface area (Å²) in [5.41, 5.74) is 2.40. The number of carboxylic acids is 1. The highest BCUT2D eigenvalue weighted by Crippen LogP contribution is 2.26. The van der Waals surface area contributed by atoms with Crippen molar-refractivity contribution in [1.29, 1.82) is 0 Å². The van der Waals surface area contributed by atoms with Gasteiger partial charge in [0.1, 0.15) is 0 Å². The van der Waals surface area contributed by atoms with Gasteiger partial charge in [0.2, 0.25) is 10.0 Å². The molecule has 22 heavy (non-hydrogen) atoms. The third-order valence-corrected chi connectivity index (χ3v) is 6.29. The van der Waals surface area contributed by atoms with Gasteiger partial charge in [0, 0.05) is 26.2 Å². The molecule has 0 atom stereocenters. The lowest BCUT2D eigenvalue weighted by atomic mass is 10.1. The smallest absolute Gasteiger partial charge is 0.317 e. The summed E-state index contributed by atoms with van der Waals surface area (Å²) in [5.74, 6) is -0.880. The second-order valence-electron chi connectivity index (χ2n) is 5.86. The Kier molecular flexibility index (Phi) is 4.20. The minimum Gasteiger partial charge on any atom is -0.480 e. The van der Waals surface area contributed by atoms with Gasteiger partial charge in [0.15, 0.2) is 0 Å². The molecule has 0 saturated carbocycles. The van der Waals surface area contributed by atoms with Crippen LogP contribution >= 0.6 is 0 Å². The SMILES string of the molecule is O=C(O)CN1CCN(S(=O)(=O)c2ccc3c(c2)CCC3)CC1. The molecule has 1 N–H and O–H groups in total. The fraction of sp³-hybridized carbons (Fsp3) is 0.533. The molecule has 0 spiro atoms. The maximum atomic E-state index is 12.7. The van der Waals surface area contributed by atoms with E-state index in [-0.39, 0.29) is 6.54 Å². The predicted octanol–water partition coefficient (Wildman–Crippen LogP) is 0.566. The Morgan fingerprint density at radius 2 is 1.77 bits per heavy atom. The number of carbonyl (C=O) groups is 1. The van der Waals surface area contributed by atoms with Crippen molar-refractivity contribution in [2.75, 3.05) is 32.7 Å². The van der Waals surface area contributed by atoms with E-state index in [0.717, 1.165) is 24.8 Å². The number of aliphatic carboxylic acids is 1. The standard InChI is InChI=1S/C15H20N2O4S/c18-15(19)11-16-6-8-17(9-7-16)22(20,21)14-5-4-12-2-1-3-13(12)10-14/h4-5,10H,1-3,6-9,11H2,(H,18,19). The summed E-state index contributed by atoms with van der Waals surface area (Å²) in [6.07, 6.45) is 3.07. The molecule has 1 aliphatic carbocycles. The molecule has 1 fully saturated rings. The Morgan fingerprint density at radius 3 is 2.45 bits per heavy atom. The van der Waals surface area contributed by atoms with Gasteiger partial charge < -0.3 is 5.11 Å². The number of hydrogen-bond acceptors (Lipinski definition) is 4. The molecular weight excluding hydrogens is 304 g/mol. The first-order chi connectivity index (χ1) is 10.5. The molecule has 7 heteroatoms. The van der Waals surface area contributed by atoms with Gasteiger partial charge in [-0.15, -0.1) is 0 Å². The van der Waals surface area contributed by atoms with E-state index in [1.807, 2.05) is 6.07 Å². The van der Waals surface area contributed by atoms with Gasteiger partial charge in [0.05, 0.1) is 11.4 Å². The van der Waals surface area contributed by atoms with Crippen LogP contribution in [0.4, 0.5) is 0 Å². The Bertz CT molecular complexity index is 679. The molecule has 0 radical (unpaired) electrons. The van der Waals surface area contributed by atoms with Crippen molar-refractivity contribution in [3.05, 3.63) is 29.3 Å². The van der Waals surface area contributed by atoms with E-state index in [1.54, 1.807) is 17.0 Å². The molecule has 0 aromatic heterocycles. The molecule has 0 bridgehead atoms. The van der Waals surface area contributed by atoms with E-state index in [1.165, 1.54) is 9.87 Å². The zero-order valence-corrected chi connectivity index (χ0v) is 13.2. The van der Waals surface area contributed by atoms with E-state index < -0.39 is 16.0 Å². The third-order valence-electron chi connectivity index (χ3n) is 4.40. The topological polar surface area (TPSA) is 77.9 Å². The highest BCUT2D eigenvalue weighted by Gasteiger charge is 2.29. The molecule has 1 saturated heterocycles. The van der Waals surface area contributed by atoms with E-state index in [2.05, 4.69) is 0 Å². The molecule has 0 unspecified atom stereocenters. The minimum atomic E-state index is -3.48. The number of sulfonamides is 1. The zero-order chi connectivity index (χ0) is 15.7. The van der Waals surface area contributed by atoms with Gasteiger partial charge >= 0.3 is 5.97 Å². The Morgan fingerprint density at radius 1 is 1.09 bits per heavy atom. The van der Waals surface area contributed by atoms with Crippen LogP contribution in [0.2, 0.25) is 0 Å². The zero-order valence-electron chi connectivity index (χ0n) is 12.4. The second-order valence-corrected chi connectivity index (χ2v) is 7.80. The Balaban J connectivity index is 1.73. The fourth-order valence-electron chi connectivity index (χ4n) is 3.18. The number of carboxylic acid groups (broad SMARTS) is 1. The number of rotatable bonds is 4. The first kappa shape index (κ1) is 15.5. The quantitative estimate of drug-likeness (QED) is 0.876. The molecule has 1 aromatic carbocycles. The number of nitrogens with zero attached hydrogens (tertiary/aromatic N) is 2. The van der Waals surface area contributed by atoms with Gasteiger partial charge in [-0.25, -0.2) is 8.42 Å². The molecule has 6 nitrogen and oxygen atoms in total. The van der Waals surface area contributed by atoms with Gasteiger partial charge in [0.25, 0.3) is 0 Å². The summed E-state index contributed by atoms with van der Waals surface area (Å²) in [6, 6.07) is 5.43. The molecule has 1 aliphatic heterocycles. The molecule has 1 aromatic rings.